The zero-order valence-electron chi connectivity index (χ0n) is 21.0. The number of fused-ring (bicyclic) bond motifs is 1. The number of phenolic OH excluding ortho intramolecular Hbond substituents is 1. The lowest BCUT2D eigenvalue weighted by Crippen LogP contribution is -2.13. The number of carbonyl (C=O) groups excluding carboxylic acids is 1. The summed E-state index contributed by atoms with van der Waals surface area (Å²) in [5.74, 6) is -0.582. The van der Waals surface area contributed by atoms with Crippen LogP contribution in [-0.4, -0.2) is 21.0 Å². The van der Waals surface area contributed by atoms with Crippen LogP contribution < -0.4 is 11.1 Å². The van der Waals surface area contributed by atoms with Gasteiger partial charge in [-0.05, 0) is 66.9 Å². The second-order valence-electron chi connectivity index (χ2n) is 9.24. The molecule has 196 valence electrons. The van der Waals surface area contributed by atoms with E-state index in [1.54, 1.807) is 30.5 Å². The van der Waals surface area contributed by atoms with Crippen LogP contribution in [0, 0.1) is 13.8 Å². The van der Waals surface area contributed by atoms with E-state index in [0.717, 1.165) is 28.8 Å². The van der Waals surface area contributed by atoms with Crippen LogP contribution in [0.5, 0.6) is 5.75 Å². The summed E-state index contributed by atoms with van der Waals surface area (Å²) in [6.07, 6.45) is -2.97. The van der Waals surface area contributed by atoms with E-state index < -0.39 is 17.6 Å². The van der Waals surface area contributed by atoms with Gasteiger partial charge in [-0.2, -0.15) is 13.2 Å². The Bertz CT molecular complexity index is 1730. The molecule has 1 aromatic heterocycles. The summed E-state index contributed by atoms with van der Waals surface area (Å²) < 4.78 is 39.3. The topological polar surface area (TPSA) is 101 Å². The first-order chi connectivity index (χ1) is 18.5. The highest BCUT2D eigenvalue weighted by Crippen LogP contribution is 2.44. The van der Waals surface area contributed by atoms with E-state index in [9.17, 15) is 23.1 Å². The Balaban J connectivity index is 1.61. The second-order valence-corrected chi connectivity index (χ2v) is 9.24. The maximum Gasteiger partial charge on any atom is 0.416 e. The van der Waals surface area contributed by atoms with Gasteiger partial charge in [0.1, 0.15) is 5.75 Å². The summed E-state index contributed by atoms with van der Waals surface area (Å²) in [4.78, 5) is 21.5. The molecule has 9 heteroatoms. The SMILES string of the molecule is Cc1ccc(-c2c(O)c(-c3cc(C(=O)Nc4cccc(C(F)(F)F)c4)ccc3C)cc3cnc(N)nc23)cc1. The summed E-state index contributed by atoms with van der Waals surface area (Å²) in [5, 5.41) is 14.7. The van der Waals surface area contributed by atoms with Crippen LogP contribution in [0.4, 0.5) is 24.8 Å². The summed E-state index contributed by atoms with van der Waals surface area (Å²) in [5.41, 5.74) is 9.70. The molecule has 0 spiro atoms. The first kappa shape index (κ1) is 25.7. The summed E-state index contributed by atoms with van der Waals surface area (Å²) >= 11 is 0. The fourth-order valence-corrected chi connectivity index (χ4v) is 4.41. The lowest BCUT2D eigenvalue weighted by atomic mass is 9.91. The van der Waals surface area contributed by atoms with Crippen molar-refractivity contribution >= 4 is 28.4 Å². The highest BCUT2D eigenvalue weighted by atomic mass is 19.4. The Labute approximate surface area is 222 Å². The van der Waals surface area contributed by atoms with Crippen molar-refractivity contribution in [3.05, 3.63) is 101 Å². The van der Waals surface area contributed by atoms with Crippen LogP contribution in [0.1, 0.15) is 27.0 Å². The predicted octanol–water partition coefficient (Wildman–Crippen LogP) is 7.14. The van der Waals surface area contributed by atoms with Gasteiger partial charge < -0.3 is 16.2 Å². The normalized spacial score (nSPS) is 11.5. The smallest absolute Gasteiger partial charge is 0.416 e. The van der Waals surface area contributed by atoms with Crippen LogP contribution in [0.25, 0.3) is 33.2 Å². The van der Waals surface area contributed by atoms with Crippen molar-refractivity contribution in [1.82, 2.24) is 9.97 Å². The fraction of sp³-hybridized carbons (Fsp3) is 0.100. The van der Waals surface area contributed by atoms with Gasteiger partial charge in [-0.3, -0.25) is 4.79 Å². The molecule has 4 aromatic carbocycles. The third-order valence-electron chi connectivity index (χ3n) is 6.44. The number of alkyl halides is 3. The van der Waals surface area contributed by atoms with Crippen molar-refractivity contribution in [2.75, 3.05) is 11.1 Å². The Kier molecular flexibility index (Phi) is 6.43. The van der Waals surface area contributed by atoms with Gasteiger partial charge >= 0.3 is 6.18 Å². The van der Waals surface area contributed by atoms with Crippen molar-refractivity contribution in [2.24, 2.45) is 0 Å². The maximum atomic E-state index is 13.1. The average Bonchev–Trinajstić information content (AvgIpc) is 2.89. The number of anilines is 2. The number of aryl methyl sites for hydroxylation is 2. The molecule has 0 aliphatic rings. The minimum Gasteiger partial charge on any atom is -0.507 e. The summed E-state index contributed by atoms with van der Waals surface area (Å²) in [7, 11) is 0. The number of aromatic hydroxyl groups is 1. The van der Waals surface area contributed by atoms with Gasteiger partial charge in [0.25, 0.3) is 5.91 Å². The van der Waals surface area contributed by atoms with Crippen molar-refractivity contribution in [2.45, 2.75) is 20.0 Å². The first-order valence-corrected chi connectivity index (χ1v) is 12.0. The van der Waals surface area contributed by atoms with Gasteiger partial charge in [0.15, 0.2) is 0 Å². The number of halogens is 3. The predicted molar refractivity (Wildman–Crippen MR) is 145 cm³/mol. The first-order valence-electron chi connectivity index (χ1n) is 12.0. The number of hydrogen-bond acceptors (Lipinski definition) is 5. The van der Waals surface area contributed by atoms with Gasteiger partial charge in [0.2, 0.25) is 5.95 Å². The zero-order valence-corrected chi connectivity index (χ0v) is 21.0. The molecule has 0 aliphatic heterocycles. The van der Waals surface area contributed by atoms with Crippen molar-refractivity contribution in [3.63, 3.8) is 0 Å². The van der Waals surface area contributed by atoms with Crippen molar-refractivity contribution in [3.8, 4) is 28.0 Å². The van der Waals surface area contributed by atoms with E-state index in [4.69, 9.17) is 5.73 Å². The molecule has 0 aliphatic carbocycles. The number of amides is 1. The van der Waals surface area contributed by atoms with Gasteiger partial charge in [0, 0.05) is 28.4 Å². The number of nitrogen functional groups attached to an aromatic ring is 1. The molecule has 1 amide bonds. The van der Waals surface area contributed by atoms with Crippen molar-refractivity contribution in [1.29, 1.82) is 0 Å². The molecule has 6 nitrogen and oxygen atoms in total. The molecule has 0 saturated carbocycles. The van der Waals surface area contributed by atoms with E-state index in [1.807, 2.05) is 38.1 Å². The number of aromatic nitrogens is 2. The van der Waals surface area contributed by atoms with Crippen LogP contribution in [0.3, 0.4) is 0 Å². The largest absolute Gasteiger partial charge is 0.507 e. The molecule has 0 radical (unpaired) electrons. The van der Waals surface area contributed by atoms with Gasteiger partial charge in [-0.25, -0.2) is 9.97 Å². The minimum absolute atomic E-state index is 0.0156. The molecule has 5 aromatic rings. The molecular formula is C30H23F3N4O2. The van der Waals surface area contributed by atoms with E-state index in [0.29, 0.717) is 27.6 Å². The minimum atomic E-state index is -4.53. The molecule has 1 heterocycles. The van der Waals surface area contributed by atoms with Gasteiger partial charge in [-0.1, -0.05) is 42.0 Å². The number of rotatable bonds is 4. The average molecular weight is 529 g/mol. The molecule has 0 unspecified atom stereocenters. The molecule has 5 rings (SSSR count). The molecule has 0 bridgehead atoms. The fourth-order valence-electron chi connectivity index (χ4n) is 4.41. The number of nitrogens with zero attached hydrogens (tertiary/aromatic N) is 2. The van der Waals surface area contributed by atoms with E-state index in [1.165, 1.54) is 12.1 Å². The third kappa shape index (κ3) is 5.11. The van der Waals surface area contributed by atoms with E-state index in [-0.39, 0.29) is 22.9 Å². The highest BCUT2D eigenvalue weighted by Gasteiger charge is 2.30. The second kappa shape index (κ2) is 9.75. The molecular weight excluding hydrogens is 505 g/mol. The van der Waals surface area contributed by atoms with Crippen LogP contribution in [-0.2, 0) is 6.18 Å². The molecule has 4 N–H and O–H groups in total. The Hall–Kier alpha value is -4.92. The Morgan fingerprint density at radius 3 is 2.41 bits per heavy atom. The standard InChI is InChI=1S/C30H23F3N4O2/c1-16-6-9-18(10-7-16)25-26-20(15-35-29(34)37-26)13-24(27(25)38)23-12-19(11-8-17(23)2)28(39)36-22-5-3-4-21(14-22)30(31,32)33/h3-15,38H,1-2H3,(H,36,39)(H2,34,35,37). The summed E-state index contributed by atoms with van der Waals surface area (Å²) in [6.45, 7) is 3.79. The number of nitrogens with two attached hydrogens (primary N) is 1. The number of nitrogens with one attached hydrogen (secondary N) is 1. The number of hydrogen-bond donors (Lipinski definition) is 3. The molecule has 0 atom stereocenters. The van der Waals surface area contributed by atoms with Gasteiger partial charge in [0.05, 0.1) is 16.6 Å². The monoisotopic (exact) mass is 528 g/mol. The lowest BCUT2D eigenvalue weighted by molar-refractivity contribution is -0.137. The van der Waals surface area contributed by atoms with Gasteiger partial charge in [-0.15, -0.1) is 0 Å². The molecule has 39 heavy (non-hydrogen) atoms. The molecule has 0 saturated heterocycles. The third-order valence-corrected chi connectivity index (χ3v) is 6.44. The van der Waals surface area contributed by atoms with E-state index >= 15 is 0 Å². The summed E-state index contributed by atoms with van der Waals surface area (Å²) in [6, 6.07) is 18.6. The van der Waals surface area contributed by atoms with E-state index in [2.05, 4.69) is 15.3 Å². The highest BCUT2D eigenvalue weighted by molar-refractivity contribution is 6.06. The zero-order chi connectivity index (χ0) is 27.9. The molecule has 0 fully saturated rings. The number of benzene rings is 4. The number of phenols is 1. The lowest BCUT2D eigenvalue weighted by Gasteiger charge is -2.16. The Morgan fingerprint density at radius 2 is 1.69 bits per heavy atom. The maximum absolute atomic E-state index is 13.1. The van der Waals surface area contributed by atoms with Crippen molar-refractivity contribution < 1.29 is 23.1 Å². The van der Waals surface area contributed by atoms with Crippen LogP contribution in [0.2, 0.25) is 0 Å². The quantitative estimate of drug-likeness (QED) is 0.230. The van der Waals surface area contributed by atoms with Crippen LogP contribution >= 0.6 is 0 Å². The Morgan fingerprint density at radius 1 is 0.949 bits per heavy atom. The van der Waals surface area contributed by atoms with Crippen LogP contribution in [0.15, 0.2) is 79.0 Å². The number of carbonyl (C=O) groups is 1.